The quantitative estimate of drug-likeness (QED) is 0.555. The van der Waals surface area contributed by atoms with E-state index in [4.69, 9.17) is 4.84 Å². The lowest BCUT2D eigenvalue weighted by Gasteiger charge is -2.21. The van der Waals surface area contributed by atoms with E-state index in [1.165, 1.54) is 33.4 Å². The summed E-state index contributed by atoms with van der Waals surface area (Å²) in [7, 11) is 0. The maximum absolute atomic E-state index is 6.37. The van der Waals surface area contributed by atoms with Crippen molar-refractivity contribution in [2.75, 3.05) is 0 Å². The van der Waals surface area contributed by atoms with Gasteiger partial charge in [0, 0.05) is 11.1 Å². The first-order valence-electron chi connectivity index (χ1n) is 9.21. The zero-order valence-corrected chi connectivity index (χ0v) is 15.9. The number of hydrogen-bond acceptors (Lipinski definition) is 2. The standard InChI is InChI=1S/C24H25NO/c1-17-15-18(2)23(19(3)16-17)20(4)25-24(26-25,21-11-7-5-8-12-21)22-13-9-6-10-14-22/h5-16,20H,1-4H3. The lowest BCUT2D eigenvalue weighted by atomic mass is 9.92. The highest BCUT2D eigenvalue weighted by Crippen LogP contribution is 2.55. The highest BCUT2D eigenvalue weighted by atomic mass is 16.9. The smallest absolute Gasteiger partial charge is 0.216 e. The Hall–Kier alpha value is -2.42. The van der Waals surface area contributed by atoms with Crippen LogP contribution in [0.15, 0.2) is 72.8 Å². The van der Waals surface area contributed by atoms with Crippen LogP contribution in [0.25, 0.3) is 0 Å². The minimum absolute atomic E-state index is 0.163. The third-order valence-corrected chi connectivity index (χ3v) is 5.35. The van der Waals surface area contributed by atoms with Crippen molar-refractivity contribution in [1.82, 2.24) is 5.06 Å². The second-order valence-electron chi connectivity index (χ2n) is 7.28. The normalized spacial score (nSPS) is 19.2. The van der Waals surface area contributed by atoms with Crippen LogP contribution >= 0.6 is 0 Å². The molecular weight excluding hydrogens is 318 g/mol. The number of hydrogen-bond donors (Lipinski definition) is 0. The Balaban J connectivity index is 1.79. The van der Waals surface area contributed by atoms with Crippen molar-refractivity contribution in [3.63, 3.8) is 0 Å². The largest absolute Gasteiger partial charge is 0.260 e. The third-order valence-electron chi connectivity index (χ3n) is 5.35. The van der Waals surface area contributed by atoms with E-state index in [1.54, 1.807) is 0 Å². The molecule has 0 bridgehead atoms. The first-order chi connectivity index (χ1) is 12.5. The third kappa shape index (κ3) is 2.66. The van der Waals surface area contributed by atoms with Gasteiger partial charge in [-0.2, -0.15) is 0 Å². The molecule has 0 N–H and O–H groups in total. The Bertz CT molecular complexity index is 855. The van der Waals surface area contributed by atoms with Gasteiger partial charge in [-0.15, -0.1) is 5.06 Å². The van der Waals surface area contributed by atoms with Crippen molar-refractivity contribution < 1.29 is 4.84 Å². The summed E-state index contributed by atoms with van der Waals surface area (Å²) in [5, 5.41) is 2.14. The maximum Gasteiger partial charge on any atom is 0.216 e. The molecule has 132 valence electrons. The van der Waals surface area contributed by atoms with Crippen LogP contribution in [0.2, 0.25) is 0 Å². The molecule has 3 aromatic rings. The van der Waals surface area contributed by atoms with Crippen LogP contribution in [0.5, 0.6) is 0 Å². The molecule has 26 heavy (non-hydrogen) atoms. The fourth-order valence-corrected chi connectivity index (χ4v) is 4.30. The molecule has 1 heterocycles. The maximum atomic E-state index is 6.37. The van der Waals surface area contributed by atoms with Crippen molar-refractivity contribution in [2.24, 2.45) is 0 Å². The van der Waals surface area contributed by atoms with E-state index >= 15 is 0 Å². The molecule has 2 atom stereocenters. The van der Waals surface area contributed by atoms with Crippen molar-refractivity contribution in [3.05, 3.63) is 106 Å². The summed E-state index contributed by atoms with van der Waals surface area (Å²) in [5.74, 6) is 0. The van der Waals surface area contributed by atoms with Gasteiger partial charge in [0.05, 0.1) is 6.04 Å². The fraction of sp³-hybridized carbons (Fsp3) is 0.250. The first-order valence-corrected chi connectivity index (χ1v) is 9.21. The fourth-order valence-electron chi connectivity index (χ4n) is 4.30. The van der Waals surface area contributed by atoms with Crippen LogP contribution in [-0.2, 0) is 10.6 Å². The Morgan fingerprint density at radius 1 is 0.769 bits per heavy atom. The molecule has 0 radical (unpaired) electrons. The van der Waals surface area contributed by atoms with Gasteiger partial charge in [0.15, 0.2) is 0 Å². The van der Waals surface area contributed by atoms with Gasteiger partial charge in [-0.05, 0) is 44.4 Å². The second-order valence-corrected chi connectivity index (χ2v) is 7.28. The first kappa shape index (κ1) is 17.0. The Morgan fingerprint density at radius 3 is 1.69 bits per heavy atom. The molecule has 2 unspecified atom stereocenters. The monoisotopic (exact) mass is 343 g/mol. The van der Waals surface area contributed by atoms with Gasteiger partial charge < -0.3 is 0 Å². The lowest BCUT2D eigenvalue weighted by Crippen LogP contribution is -2.21. The number of benzene rings is 3. The molecule has 1 aliphatic heterocycles. The number of nitrogens with zero attached hydrogens (tertiary/aromatic N) is 1. The van der Waals surface area contributed by atoms with Crippen molar-refractivity contribution in [2.45, 2.75) is 39.5 Å². The average Bonchev–Trinajstić information content (AvgIpc) is 3.39. The van der Waals surface area contributed by atoms with Gasteiger partial charge in [0.1, 0.15) is 0 Å². The number of rotatable bonds is 4. The number of aryl methyl sites for hydroxylation is 3. The van der Waals surface area contributed by atoms with Gasteiger partial charge in [-0.25, -0.2) is 0 Å². The Kier molecular flexibility index (Phi) is 4.18. The van der Waals surface area contributed by atoms with E-state index < -0.39 is 5.72 Å². The molecule has 2 nitrogen and oxygen atoms in total. The predicted molar refractivity (Wildman–Crippen MR) is 106 cm³/mol. The van der Waals surface area contributed by atoms with Crippen molar-refractivity contribution in [1.29, 1.82) is 0 Å². The van der Waals surface area contributed by atoms with E-state index in [0.717, 1.165) is 0 Å². The molecule has 0 amide bonds. The SMILES string of the molecule is Cc1cc(C)c(C(C)N2OC2(c2ccccc2)c2ccccc2)c(C)c1. The van der Waals surface area contributed by atoms with Crippen LogP contribution in [-0.4, -0.2) is 5.06 Å². The van der Waals surface area contributed by atoms with E-state index in [1.807, 2.05) is 12.1 Å². The molecule has 2 heteroatoms. The second kappa shape index (κ2) is 6.39. The van der Waals surface area contributed by atoms with Crippen molar-refractivity contribution >= 4 is 0 Å². The van der Waals surface area contributed by atoms with E-state index in [2.05, 4.69) is 93.4 Å². The summed E-state index contributed by atoms with van der Waals surface area (Å²) in [6.07, 6.45) is 0. The van der Waals surface area contributed by atoms with Gasteiger partial charge in [-0.3, -0.25) is 4.84 Å². The predicted octanol–water partition coefficient (Wildman–Crippen LogP) is 5.82. The Morgan fingerprint density at radius 2 is 1.23 bits per heavy atom. The molecule has 1 fully saturated rings. The molecule has 3 aromatic carbocycles. The highest BCUT2D eigenvalue weighted by molar-refractivity contribution is 5.43. The van der Waals surface area contributed by atoms with Crippen LogP contribution in [0.1, 0.15) is 46.3 Å². The zero-order chi connectivity index (χ0) is 18.3. The molecule has 0 saturated carbocycles. The molecule has 4 rings (SSSR count). The van der Waals surface area contributed by atoms with Gasteiger partial charge in [-0.1, -0.05) is 78.4 Å². The van der Waals surface area contributed by atoms with E-state index in [0.29, 0.717) is 0 Å². The number of hydroxylamine groups is 2. The lowest BCUT2D eigenvalue weighted by molar-refractivity contribution is 0.154. The van der Waals surface area contributed by atoms with Crippen LogP contribution in [0.4, 0.5) is 0 Å². The molecule has 1 saturated heterocycles. The van der Waals surface area contributed by atoms with Gasteiger partial charge in [0.2, 0.25) is 5.72 Å². The molecule has 0 spiro atoms. The van der Waals surface area contributed by atoms with Gasteiger partial charge >= 0.3 is 0 Å². The summed E-state index contributed by atoms with van der Waals surface area (Å²) < 4.78 is 0. The highest BCUT2D eigenvalue weighted by Gasteiger charge is 2.60. The summed E-state index contributed by atoms with van der Waals surface area (Å²) in [6, 6.07) is 25.7. The Labute approximate surface area is 156 Å². The summed E-state index contributed by atoms with van der Waals surface area (Å²) >= 11 is 0. The van der Waals surface area contributed by atoms with Crippen molar-refractivity contribution in [3.8, 4) is 0 Å². The zero-order valence-electron chi connectivity index (χ0n) is 15.9. The van der Waals surface area contributed by atoms with Crippen LogP contribution in [0.3, 0.4) is 0 Å². The van der Waals surface area contributed by atoms with Crippen LogP contribution in [0, 0.1) is 20.8 Å². The summed E-state index contributed by atoms with van der Waals surface area (Å²) in [5.41, 5.74) is 7.12. The van der Waals surface area contributed by atoms with Gasteiger partial charge in [0.25, 0.3) is 0 Å². The van der Waals surface area contributed by atoms with E-state index in [-0.39, 0.29) is 6.04 Å². The molecule has 1 aliphatic rings. The molecular formula is C24H25NO. The molecule has 0 aromatic heterocycles. The van der Waals surface area contributed by atoms with E-state index in [9.17, 15) is 0 Å². The minimum atomic E-state index is -0.508. The summed E-state index contributed by atoms with van der Waals surface area (Å²) in [6.45, 7) is 8.78. The average molecular weight is 343 g/mol. The molecule has 0 aliphatic carbocycles. The summed E-state index contributed by atoms with van der Waals surface area (Å²) in [4.78, 5) is 6.37. The topological polar surface area (TPSA) is 15.5 Å². The van der Waals surface area contributed by atoms with Crippen LogP contribution < -0.4 is 0 Å². The minimum Gasteiger partial charge on any atom is -0.260 e.